The van der Waals surface area contributed by atoms with E-state index >= 15 is 0 Å². The standard InChI is InChI=1S/C11H18N2O2S/c1-8-7-13(4-5-16-8)11(15)9-2-3-10(14)12-6-9/h8-9H,2-7H2,1H3,(H,12,14). The normalized spacial score (nSPS) is 31.1. The van der Waals surface area contributed by atoms with E-state index in [0.717, 1.165) is 18.8 Å². The van der Waals surface area contributed by atoms with Crippen LogP contribution < -0.4 is 5.32 Å². The molecule has 0 aliphatic carbocycles. The van der Waals surface area contributed by atoms with Crippen molar-refractivity contribution in [3.8, 4) is 0 Å². The van der Waals surface area contributed by atoms with E-state index in [-0.39, 0.29) is 17.7 Å². The predicted octanol–water partition coefficient (Wildman–Crippen LogP) is 0.476. The Kier molecular flexibility index (Phi) is 3.74. The number of rotatable bonds is 1. The Bertz CT molecular complexity index is 286. The molecule has 1 N–H and O–H groups in total. The summed E-state index contributed by atoms with van der Waals surface area (Å²) in [5.41, 5.74) is 0. The highest BCUT2D eigenvalue weighted by atomic mass is 32.2. The molecule has 0 bridgehead atoms. The summed E-state index contributed by atoms with van der Waals surface area (Å²) < 4.78 is 0. The third-order valence-electron chi connectivity index (χ3n) is 3.17. The molecule has 2 saturated heterocycles. The van der Waals surface area contributed by atoms with Crippen LogP contribution in [0.3, 0.4) is 0 Å². The van der Waals surface area contributed by atoms with Gasteiger partial charge in [-0.1, -0.05) is 6.92 Å². The first kappa shape index (κ1) is 11.8. The van der Waals surface area contributed by atoms with Gasteiger partial charge in [0.1, 0.15) is 0 Å². The van der Waals surface area contributed by atoms with Crippen molar-refractivity contribution in [3.05, 3.63) is 0 Å². The molecular formula is C11H18N2O2S. The van der Waals surface area contributed by atoms with Crippen LogP contribution in [0.2, 0.25) is 0 Å². The van der Waals surface area contributed by atoms with Gasteiger partial charge < -0.3 is 10.2 Å². The van der Waals surface area contributed by atoms with Crippen LogP contribution in [0.15, 0.2) is 0 Å². The SMILES string of the molecule is CC1CN(C(=O)C2CCC(=O)NC2)CCS1. The summed E-state index contributed by atoms with van der Waals surface area (Å²) in [6.45, 7) is 4.40. The van der Waals surface area contributed by atoms with Gasteiger partial charge in [0.05, 0.1) is 5.92 Å². The number of nitrogens with zero attached hydrogens (tertiary/aromatic N) is 1. The lowest BCUT2D eigenvalue weighted by Crippen LogP contribution is -2.48. The Hall–Kier alpha value is -0.710. The molecule has 2 unspecified atom stereocenters. The minimum atomic E-state index is 0.00741. The molecule has 0 saturated carbocycles. The molecule has 2 atom stereocenters. The van der Waals surface area contributed by atoms with Gasteiger partial charge in [0.15, 0.2) is 0 Å². The first-order chi connectivity index (χ1) is 7.66. The number of carbonyl (C=O) groups excluding carboxylic acids is 2. The average molecular weight is 242 g/mol. The van der Waals surface area contributed by atoms with E-state index in [0.29, 0.717) is 24.6 Å². The predicted molar refractivity (Wildman–Crippen MR) is 64.2 cm³/mol. The quantitative estimate of drug-likeness (QED) is 0.727. The molecule has 0 radical (unpaired) electrons. The van der Waals surface area contributed by atoms with Crippen LogP contribution in [0.4, 0.5) is 0 Å². The molecular weight excluding hydrogens is 224 g/mol. The van der Waals surface area contributed by atoms with Crippen molar-refractivity contribution in [1.82, 2.24) is 10.2 Å². The van der Waals surface area contributed by atoms with Crippen molar-refractivity contribution in [3.63, 3.8) is 0 Å². The Morgan fingerprint density at radius 3 is 3.00 bits per heavy atom. The van der Waals surface area contributed by atoms with E-state index in [9.17, 15) is 9.59 Å². The van der Waals surface area contributed by atoms with Gasteiger partial charge in [0.2, 0.25) is 11.8 Å². The van der Waals surface area contributed by atoms with Crippen molar-refractivity contribution >= 4 is 23.6 Å². The Morgan fingerprint density at radius 1 is 1.56 bits per heavy atom. The summed E-state index contributed by atoms with van der Waals surface area (Å²) >= 11 is 1.92. The fourth-order valence-corrected chi connectivity index (χ4v) is 3.23. The van der Waals surface area contributed by atoms with Gasteiger partial charge in [-0.25, -0.2) is 0 Å². The molecule has 5 heteroatoms. The smallest absolute Gasteiger partial charge is 0.227 e. The third kappa shape index (κ3) is 2.70. The lowest BCUT2D eigenvalue weighted by Gasteiger charge is -2.34. The number of thioether (sulfide) groups is 1. The maximum Gasteiger partial charge on any atom is 0.227 e. The van der Waals surface area contributed by atoms with E-state index in [1.807, 2.05) is 16.7 Å². The van der Waals surface area contributed by atoms with Crippen LogP contribution in [0.1, 0.15) is 19.8 Å². The van der Waals surface area contributed by atoms with Crippen LogP contribution in [-0.4, -0.2) is 47.4 Å². The third-order valence-corrected chi connectivity index (χ3v) is 4.30. The van der Waals surface area contributed by atoms with E-state index in [2.05, 4.69) is 12.2 Å². The molecule has 90 valence electrons. The van der Waals surface area contributed by atoms with E-state index < -0.39 is 0 Å². The first-order valence-electron chi connectivity index (χ1n) is 5.84. The van der Waals surface area contributed by atoms with Gasteiger partial charge in [0.25, 0.3) is 0 Å². The minimum absolute atomic E-state index is 0.00741. The van der Waals surface area contributed by atoms with Crippen LogP contribution in [0, 0.1) is 5.92 Å². The number of piperidine rings is 1. The zero-order chi connectivity index (χ0) is 11.5. The van der Waals surface area contributed by atoms with Gasteiger partial charge in [-0.15, -0.1) is 0 Å². The number of amides is 2. The number of hydrogen-bond donors (Lipinski definition) is 1. The molecule has 2 amide bonds. The molecule has 0 spiro atoms. The molecule has 2 rings (SSSR count). The number of nitrogens with one attached hydrogen (secondary N) is 1. The first-order valence-corrected chi connectivity index (χ1v) is 6.89. The Balaban J connectivity index is 1.89. The largest absolute Gasteiger partial charge is 0.355 e. The van der Waals surface area contributed by atoms with E-state index in [4.69, 9.17) is 0 Å². The summed E-state index contributed by atoms with van der Waals surface area (Å²) in [5.74, 6) is 1.35. The lowest BCUT2D eigenvalue weighted by molar-refractivity contribution is -0.137. The van der Waals surface area contributed by atoms with Gasteiger partial charge in [-0.05, 0) is 6.42 Å². The van der Waals surface area contributed by atoms with Crippen LogP contribution in [0.5, 0.6) is 0 Å². The van der Waals surface area contributed by atoms with Crippen LogP contribution in [0.25, 0.3) is 0 Å². The molecule has 2 fully saturated rings. The fourth-order valence-electron chi connectivity index (χ4n) is 2.22. The maximum absolute atomic E-state index is 12.2. The molecule has 0 aromatic heterocycles. The second-order valence-corrected chi connectivity index (χ2v) is 6.05. The van der Waals surface area contributed by atoms with Crippen LogP contribution >= 0.6 is 11.8 Å². The van der Waals surface area contributed by atoms with Crippen molar-refractivity contribution < 1.29 is 9.59 Å². The highest BCUT2D eigenvalue weighted by Crippen LogP contribution is 2.21. The monoisotopic (exact) mass is 242 g/mol. The van der Waals surface area contributed by atoms with E-state index in [1.165, 1.54) is 0 Å². The summed E-state index contributed by atoms with van der Waals surface area (Å²) in [6.07, 6.45) is 1.21. The molecule has 0 aromatic carbocycles. The van der Waals surface area contributed by atoms with Gasteiger partial charge in [-0.3, -0.25) is 9.59 Å². The summed E-state index contributed by atoms with van der Waals surface area (Å²) in [5, 5.41) is 3.31. The highest BCUT2D eigenvalue weighted by molar-refractivity contribution is 7.99. The number of hydrogen-bond acceptors (Lipinski definition) is 3. The molecule has 0 aromatic rings. The Labute approximate surface area is 100 Å². The molecule has 16 heavy (non-hydrogen) atoms. The zero-order valence-corrected chi connectivity index (χ0v) is 10.4. The minimum Gasteiger partial charge on any atom is -0.355 e. The van der Waals surface area contributed by atoms with Gasteiger partial charge >= 0.3 is 0 Å². The van der Waals surface area contributed by atoms with Crippen molar-refractivity contribution in [1.29, 1.82) is 0 Å². The van der Waals surface area contributed by atoms with Crippen molar-refractivity contribution in [2.24, 2.45) is 5.92 Å². The average Bonchev–Trinajstić information content (AvgIpc) is 2.29. The summed E-state index contributed by atoms with van der Waals surface area (Å²) in [7, 11) is 0. The second-order valence-electron chi connectivity index (χ2n) is 4.51. The zero-order valence-electron chi connectivity index (χ0n) is 9.57. The molecule has 2 heterocycles. The summed E-state index contributed by atoms with van der Waals surface area (Å²) in [6, 6.07) is 0. The van der Waals surface area contributed by atoms with E-state index in [1.54, 1.807) is 0 Å². The molecule has 4 nitrogen and oxygen atoms in total. The van der Waals surface area contributed by atoms with Crippen molar-refractivity contribution in [2.75, 3.05) is 25.4 Å². The Morgan fingerprint density at radius 2 is 2.38 bits per heavy atom. The van der Waals surface area contributed by atoms with Gasteiger partial charge in [0, 0.05) is 37.1 Å². The van der Waals surface area contributed by atoms with Gasteiger partial charge in [-0.2, -0.15) is 11.8 Å². The lowest BCUT2D eigenvalue weighted by atomic mass is 9.97. The molecule has 2 aliphatic heterocycles. The molecule has 2 aliphatic rings. The highest BCUT2D eigenvalue weighted by Gasteiger charge is 2.30. The topological polar surface area (TPSA) is 49.4 Å². The van der Waals surface area contributed by atoms with Crippen molar-refractivity contribution in [2.45, 2.75) is 25.0 Å². The fraction of sp³-hybridized carbons (Fsp3) is 0.818. The number of carbonyl (C=O) groups is 2. The summed E-state index contributed by atoms with van der Waals surface area (Å²) in [4.78, 5) is 25.2. The maximum atomic E-state index is 12.2. The second kappa shape index (κ2) is 5.08. The van der Waals surface area contributed by atoms with Crippen LogP contribution in [-0.2, 0) is 9.59 Å².